The molecule has 0 aromatic carbocycles. The Bertz CT molecular complexity index is 163. The number of amides is 1. The number of ether oxygens (including phenoxy) is 1. The molecule has 0 radical (unpaired) electrons. The van der Waals surface area contributed by atoms with Gasteiger partial charge >= 0.3 is 0 Å². The molecule has 1 amide bonds. The first kappa shape index (κ1) is 9.99. The Kier molecular flexibility index (Phi) is 4.01. The number of alkyl halides is 1. The third-order valence-corrected chi connectivity index (χ3v) is 2.44. The Balaban J connectivity index is 2.25. The lowest BCUT2D eigenvalue weighted by Gasteiger charge is -2.15. The first-order valence-electron chi connectivity index (χ1n) is 4.21. The summed E-state index contributed by atoms with van der Waals surface area (Å²) in [6, 6.07) is 0.219. The quantitative estimate of drug-likeness (QED) is 0.744. The number of rotatable bonds is 3. The molecule has 0 spiro atoms. The molecule has 0 aromatic heterocycles. The van der Waals surface area contributed by atoms with E-state index >= 15 is 0 Å². The third kappa shape index (κ3) is 2.75. The summed E-state index contributed by atoms with van der Waals surface area (Å²) in [5.74, 6) is 0.106. The Hall–Kier alpha value is -0.0900. The topological polar surface area (TPSA) is 38.3 Å². The predicted octanol–water partition coefficient (Wildman–Crippen LogP) is 1.07. The Morgan fingerprint density at radius 3 is 3.00 bits per heavy atom. The van der Waals surface area contributed by atoms with Crippen LogP contribution in [0.1, 0.15) is 19.8 Å². The number of hydrogen-bond donors (Lipinski definition) is 1. The summed E-state index contributed by atoms with van der Waals surface area (Å²) >= 11 is 3.22. The lowest BCUT2D eigenvalue weighted by Crippen LogP contribution is -2.39. The number of carbonyl (C=O) groups is 1. The van der Waals surface area contributed by atoms with Gasteiger partial charge in [0.1, 0.15) is 0 Å². The molecule has 1 N–H and O–H groups in total. The SMILES string of the molecule is CC1OCCC1NC(=O)CCBr. The average molecular weight is 236 g/mol. The highest BCUT2D eigenvalue weighted by Gasteiger charge is 2.24. The van der Waals surface area contributed by atoms with E-state index in [1.165, 1.54) is 0 Å². The van der Waals surface area contributed by atoms with Crippen LogP contribution in [0.5, 0.6) is 0 Å². The molecule has 1 aliphatic heterocycles. The van der Waals surface area contributed by atoms with Crippen LogP contribution in [0.25, 0.3) is 0 Å². The molecule has 0 aliphatic carbocycles. The van der Waals surface area contributed by atoms with E-state index in [2.05, 4.69) is 21.2 Å². The van der Waals surface area contributed by atoms with Crippen LogP contribution in [-0.2, 0) is 9.53 Å². The second-order valence-corrected chi connectivity index (χ2v) is 3.77. The summed E-state index contributed by atoms with van der Waals surface area (Å²) in [7, 11) is 0. The van der Waals surface area contributed by atoms with Crippen molar-refractivity contribution in [2.45, 2.75) is 31.9 Å². The van der Waals surface area contributed by atoms with E-state index in [1.54, 1.807) is 0 Å². The molecule has 70 valence electrons. The predicted molar refractivity (Wildman–Crippen MR) is 50.4 cm³/mol. The molecule has 4 heteroatoms. The van der Waals surface area contributed by atoms with Crippen LogP contribution in [0.2, 0.25) is 0 Å². The Morgan fingerprint density at radius 2 is 2.50 bits per heavy atom. The smallest absolute Gasteiger partial charge is 0.221 e. The minimum Gasteiger partial charge on any atom is -0.376 e. The van der Waals surface area contributed by atoms with Crippen molar-refractivity contribution in [2.75, 3.05) is 11.9 Å². The highest BCUT2D eigenvalue weighted by Crippen LogP contribution is 2.12. The van der Waals surface area contributed by atoms with E-state index in [-0.39, 0.29) is 18.1 Å². The van der Waals surface area contributed by atoms with E-state index in [4.69, 9.17) is 4.74 Å². The molecule has 0 saturated carbocycles. The van der Waals surface area contributed by atoms with Gasteiger partial charge < -0.3 is 10.1 Å². The van der Waals surface area contributed by atoms with Crippen LogP contribution in [0.3, 0.4) is 0 Å². The van der Waals surface area contributed by atoms with Gasteiger partial charge in [0.05, 0.1) is 12.1 Å². The van der Waals surface area contributed by atoms with Crippen molar-refractivity contribution in [3.05, 3.63) is 0 Å². The van der Waals surface area contributed by atoms with Crippen molar-refractivity contribution < 1.29 is 9.53 Å². The van der Waals surface area contributed by atoms with E-state index < -0.39 is 0 Å². The summed E-state index contributed by atoms with van der Waals surface area (Å²) in [6.45, 7) is 2.76. The van der Waals surface area contributed by atoms with Crippen molar-refractivity contribution in [3.8, 4) is 0 Å². The molecule has 1 saturated heterocycles. The van der Waals surface area contributed by atoms with Gasteiger partial charge in [-0.25, -0.2) is 0 Å². The zero-order chi connectivity index (χ0) is 8.97. The minimum atomic E-state index is 0.106. The largest absolute Gasteiger partial charge is 0.376 e. The number of hydrogen-bond acceptors (Lipinski definition) is 2. The fourth-order valence-electron chi connectivity index (χ4n) is 1.29. The highest BCUT2D eigenvalue weighted by molar-refractivity contribution is 9.09. The van der Waals surface area contributed by atoms with Crippen LogP contribution in [0, 0.1) is 0 Å². The minimum absolute atomic E-state index is 0.106. The van der Waals surface area contributed by atoms with E-state index in [0.29, 0.717) is 6.42 Å². The van der Waals surface area contributed by atoms with Gasteiger partial charge in [0.25, 0.3) is 0 Å². The van der Waals surface area contributed by atoms with E-state index in [0.717, 1.165) is 18.4 Å². The molecule has 2 atom stereocenters. The Labute approximate surface area is 81.0 Å². The molecular weight excluding hydrogens is 222 g/mol. The summed E-state index contributed by atoms with van der Waals surface area (Å²) < 4.78 is 5.32. The third-order valence-electron chi connectivity index (χ3n) is 2.04. The number of nitrogens with one attached hydrogen (secondary N) is 1. The van der Waals surface area contributed by atoms with Gasteiger partial charge in [-0.2, -0.15) is 0 Å². The molecule has 1 aliphatic rings. The van der Waals surface area contributed by atoms with Gasteiger partial charge in [-0.1, -0.05) is 15.9 Å². The van der Waals surface area contributed by atoms with Crippen LogP contribution in [0.4, 0.5) is 0 Å². The number of carbonyl (C=O) groups excluding carboxylic acids is 1. The Morgan fingerprint density at radius 1 is 1.75 bits per heavy atom. The van der Waals surface area contributed by atoms with Gasteiger partial charge in [0, 0.05) is 18.4 Å². The molecule has 2 unspecified atom stereocenters. The normalized spacial score (nSPS) is 28.8. The second-order valence-electron chi connectivity index (χ2n) is 2.98. The summed E-state index contributed by atoms with van der Waals surface area (Å²) in [5, 5.41) is 3.66. The van der Waals surface area contributed by atoms with E-state index in [9.17, 15) is 4.79 Å². The first-order valence-corrected chi connectivity index (χ1v) is 5.33. The summed E-state index contributed by atoms with van der Waals surface area (Å²) in [6.07, 6.45) is 1.66. The molecule has 1 heterocycles. The summed E-state index contributed by atoms with van der Waals surface area (Å²) in [4.78, 5) is 11.1. The molecule has 0 aromatic rings. The average Bonchev–Trinajstić information content (AvgIpc) is 2.37. The zero-order valence-electron chi connectivity index (χ0n) is 7.18. The van der Waals surface area contributed by atoms with Crippen molar-refractivity contribution >= 4 is 21.8 Å². The maximum Gasteiger partial charge on any atom is 0.221 e. The van der Waals surface area contributed by atoms with Crippen molar-refractivity contribution in [3.63, 3.8) is 0 Å². The zero-order valence-corrected chi connectivity index (χ0v) is 8.76. The van der Waals surface area contributed by atoms with Crippen LogP contribution in [0.15, 0.2) is 0 Å². The van der Waals surface area contributed by atoms with Gasteiger partial charge in [-0.15, -0.1) is 0 Å². The monoisotopic (exact) mass is 235 g/mol. The molecule has 1 rings (SSSR count). The molecule has 3 nitrogen and oxygen atoms in total. The number of halogens is 1. The van der Waals surface area contributed by atoms with Gasteiger partial charge in [-0.3, -0.25) is 4.79 Å². The lowest BCUT2D eigenvalue weighted by molar-refractivity contribution is -0.121. The maximum atomic E-state index is 11.1. The fourth-order valence-corrected chi connectivity index (χ4v) is 1.65. The fraction of sp³-hybridized carbons (Fsp3) is 0.875. The van der Waals surface area contributed by atoms with Crippen LogP contribution < -0.4 is 5.32 Å². The second kappa shape index (κ2) is 4.82. The van der Waals surface area contributed by atoms with Crippen LogP contribution >= 0.6 is 15.9 Å². The lowest BCUT2D eigenvalue weighted by atomic mass is 10.1. The molecular formula is C8H14BrNO2. The molecule has 0 bridgehead atoms. The molecule has 12 heavy (non-hydrogen) atoms. The standard InChI is InChI=1S/C8H14BrNO2/c1-6-7(3-5-12-6)10-8(11)2-4-9/h6-7H,2-5H2,1H3,(H,10,11). The summed E-state index contributed by atoms with van der Waals surface area (Å²) in [5.41, 5.74) is 0. The van der Waals surface area contributed by atoms with Crippen molar-refractivity contribution in [1.82, 2.24) is 5.32 Å². The van der Waals surface area contributed by atoms with Crippen molar-refractivity contribution in [2.24, 2.45) is 0 Å². The van der Waals surface area contributed by atoms with Crippen LogP contribution in [-0.4, -0.2) is 30.0 Å². The maximum absolute atomic E-state index is 11.1. The van der Waals surface area contributed by atoms with Gasteiger partial charge in [0.15, 0.2) is 0 Å². The highest BCUT2D eigenvalue weighted by atomic mass is 79.9. The van der Waals surface area contributed by atoms with Crippen molar-refractivity contribution in [1.29, 1.82) is 0 Å². The van der Waals surface area contributed by atoms with Gasteiger partial charge in [-0.05, 0) is 13.3 Å². The molecule has 1 fully saturated rings. The van der Waals surface area contributed by atoms with E-state index in [1.807, 2.05) is 6.92 Å². The first-order chi connectivity index (χ1) is 5.74. The van der Waals surface area contributed by atoms with Gasteiger partial charge in [0.2, 0.25) is 5.91 Å².